The molecule has 2 rings (SSSR count). The third kappa shape index (κ3) is 5.76. The maximum atomic E-state index is 11.8. The van der Waals surface area contributed by atoms with Crippen molar-refractivity contribution >= 4 is 23.8 Å². The summed E-state index contributed by atoms with van der Waals surface area (Å²) in [7, 11) is 1.33. The first-order valence-electron chi connectivity index (χ1n) is 7.85. The topological polar surface area (TPSA) is 77.0 Å². The van der Waals surface area contributed by atoms with Gasteiger partial charge in [-0.1, -0.05) is 36.3 Å². The number of hydrogen-bond acceptors (Lipinski definition) is 5. The third-order valence-corrected chi connectivity index (χ3v) is 3.42. The summed E-state index contributed by atoms with van der Waals surface area (Å²) in [6.07, 6.45) is 2.37. The highest BCUT2D eigenvalue weighted by Gasteiger charge is 2.04. The Hall–Kier alpha value is -3.15. The molecule has 0 aromatic heterocycles. The van der Waals surface area contributed by atoms with Crippen molar-refractivity contribution in [3.63, 3.8) is 0 Å². The number of carbonyl (C=O) groups is 2. The molecule has 0 saturated heterocycles. The number of aryl methyl sites for hydroxylation is 1. The number of esters is 1. The first-order valence-corrected chi connectivity index (χ1v) is 7.85. The zero-order chi connectivity index (χ0) is 18.1. The van der Waals surface area contributed by atoms with Gasteiger partial charge >= 0.3 is 5.97 Å². The number of oxime groups is 1. The predicted molar refractivity (Wildman–Crippen MR) is 95.8 cm³/mol. The Morgan fingerprint density at radius 3 is 2.60 bits per heavy atom. The molecule has 130 valence electrons. The van der Waals surface area contributed by atoms with Crippen LogP contribution in [-0.2, 0) is 20.8 Å². The average Bonchev–Trinajstić information content (AvgIpc) is 2.65. The molecule has 1 N–H and O–H groups in total. The van der Waals surface area contributed by atoms with Gasteiger partial charge < -0.3 is 14.9 Å². The van der Waals surface area contributed by atoms with Crippen molar-refractivity contribution in [2.75, 3.05) is 19.0 Å². The Morgan fingerprint density at radius 1 is 1.16 bits per heavy atom. The molecular weight excluding hydrogens is 320 g/mol. The van der Waals surface area contributed by atoms with E-state index in [1.54, 1.807) is 24.3 Å². The molecule has 0 heterocycles. The quantitative estimate of drug-likeness (QED) is 0.477. The van der Waals surface area contributed by atoms with Gasteiger partial charge in [0.1, 0.15) is 0 Å². The molecule has 0 radical (unpaired) electrons. The van der Waals surface area contributed by atoms with Crippen LogP contribution in [0.25, 0.3) is 0 Å². The molecule has 0 unspecified atom stereocenters. The van der Waals surface area contributed by atoms with Crippen LogP contribution >= 0.6 is 0 Å². The number of anilines is 1. The van der Waals surface area contributed by atoms with Crippen LogP contribution in [0.3, 0.4) is 0 Å². The minimum atomic E-state index is -0.399. The predicted octanol–water partition coefficient (Wildman–Crippen LogP) is 3.02. The van der Waals surface area contributed by atoms with E-state index in [0.717, 1.165) is 23.2 Å². The van der Waals surface area contributed by atoms with Crippen LogP contribution in [0, 0.1) is 0 Å². The van der Waals surface area contributed by atoms with Crippen molar-refractivity contribution in [1.82, 2.24) is 0 Å². The number of ether oxygens (including phenoxy) is 1. The first kappa shape index (κ1) is 18.2. The fraction of sp³-hybridized carbons (Fsp3) is 0.211. The van der Waals surface area contributed by atoms with Gasteiger partial charge in [-0.05, 0) is 41.8 Å². The van der Waals surface area contributed by atoms with Gasteiger partial charge in [-0.2, -0.15) is 0 Å². The standard InChI is InChI=1S/C19H20N2O4/c1-3-14-5-4-6-17(11-14)21-18(22)13-25-20-12-15-7-9-16(10-8-15)19(23)24-2/h4-12H,3,13H2,1-2H3,(H,21,22)/b20-12+. The summed E-state index contributed by atoms with van der Waals surface area (Å²) in [4.78, 5) is 28.1. The number of amides is 1. The van der Waals surface area contributed by atoms with Gasteiger partial charge in [-0.3, -0.25) is 4.79 Å². The highest BCUT2D eigenvalue weighted by atomic mass is 16.6. The van der Waals surface area contributed by atoms with Gasteiger partial charge in [0.05, 0.1) is 18.9 Å². The molecule has 0 spiro atoms. The second-order valence-corrected chi connectivity index (χ2v) is 5.22. The monoisotopic (exact) mass is 340 g/mol. The molecule has 1 amide bonds. The minimum Gasteiger partial charge on any atom is -0.465 e. The van der Waals surface area contributed by atoms with Crippen molar-refractivity contribution in [3.05, 3.63) is 65.2 Å². The van der Waals surface area contributed by atoms with E-state index in [0.29, 0.717) is 5.56 Å². The van der Waals surface area contributed by atoms with Gasteiger partial charge in [-0.25, -0.2) is 4.79 Å². The van der Waals surface area contributed by atoms with E-state index in [4.69, 9.17) is 4.84 Å². The molecule has 0 aliphatic carbocycles. The molecule has 0 atom stereocenters. The lowest BCUT2D eigenvalue weighted by Crippen LogP contribution is -2.17. The van der Waals surface area contributed by atoms with Crippen LogP contribution in [0.4, 0.5) is 5.69 Å². The van der Waals surface area contributed by atoms with Crippen LogP contribution in [0.1, 0.15) is 28.4 Å². The van der Waals surface area contributed by atoms with Crippen molar-refractivity contribution in [2.24, 2.45) is 5.16 Å². The van der Waals surface area contributed by atoms with Gasteiger partial charge in [0.2, 0.25) is 0 Å². The van der Waals surface area contributed by atoms with E-state index < -0.39 is 5.97 Å². The lowest BCUT2D eigenvalue weighted by molar-refractivity contribution is -0.120. The molecule has 0 saturated carbocycles. The molecule has 2 aromatic carbocycles. The highest BCUT2D eigenvalue weighted by Crippen LogP contribution is 2.11. The van der Waals surface area contributed by atoms with E-state index in [2.05, 4.69) is 22.1 Å². The van der Waals surface area contributed by atoms with E-state index >= 15 is 0 Å². The minimum absolute atomic E-state index is 0.187. The van der Waals surface area contributed by atoms with Crippen LogP contribution in [0.5, 0.6) is 0 Å². The van der Waals surface area contributed by atoms with Crippen molar-refractivity contribution in [3.8, 4) is 0 Å². The number of methoxy groups -OCH3 is 1. The molecular formula is C19H20N2O4. The second kappa shape index (κ2) is 9.22. The average molecular weight is 340 g/mol. The highest BCUT2D eigenvalue weighted by molar-refractivity contribution is 5.92. The Morgan fingerprint density at radius 2 is 1.92 bits per heavy atom. The normalized spacial score (nSPS) is 10.5. The molecule has 2 aromatic rings. The third-order valence-electron chi connectivity index (χ3n) is 3.42. The zero-order valence-electron chi connectivity index (χ0n) is 14.2. The largest absolute Gasteiger partial charge is 0.465 e. The summed E-state index contributed by atoms with van der Waals surface area (Å²) in [6, 6.07) is 14.3. The lowest BCUT2D eigenvalue weighted by Gasteiger charge is -2.05. The summed E-state index contributed by atoms with van der Waals surface area (Å²) in [5.74, 6) is -0.685. The summed E-state index contributed by atoms with van der Waals surface area (Å²) < 4.78 is 4.62. The van der Waals surface area contributed by atoms with E-state index in [-0.39, 0.29) is 12.5 Å². The smallest absolute Gasteiger partial charge is 0.337 e. The molecule has 6 heteroatoms. The summed E-state index contributed by atoms with van der Waals surface area (Å²) >= 11 is 0. The van der Waals surface area contributed by atoms with E-state index in [1.165, 1.54) is 13.3 Å². The van der Waals surface area contributed by atoms with E-state index in [9.17, 15) is 9.59 Å². The zero-order valence-corrected chi connectivity index (χ0v) is 14.2. The Labute approximate surface area is 146 Å². The molecule has 0 aliphatic rings. The van der Waals surface area contributed by atoms with Gasteiger partial charge in [0.25, 0.3) is 5.91 Å². The van der Waals surface area contributed by atoms with Gasteiger partial charge in [-0.15, -0.1) is 0 Å². The number of nitrogens with zero attached hydrogens (tertiary/aromatic N) is 1. The SMILES string of the molecule is CCc1cccc(NC(=O)CO/N=C/c2ccc(C(=O)OC)cc2)c1. The van der Waals surface area contributed by atoms with Crippen molar-refractivity contribution in [1.29, 1.82) is 0 Å². The Bertz CT molecular complexity index is 754. The summed E-state index contributed by atoms with van der Waals surface area (Å²) in [6.45, 7) is 1.86. The molecule has 0 fully saturated rings. The summed E-state index contributed by atoms with van der Waals surface area (Å²) in [5.41, 5.74) is 3.07. The van der Waals surface area contributed by atoms with Crippen LogP contribution in [0.2, 0.25) is 0 Å². The van der Waals surface area contributed by atoms with Crippen LogP contribution in [-0.4, -0.2) is 31.8 Å². The second-order valence-electron chi connectivity index (χ2n) is 5.22. The lowest BCUT2D eigenvalue weighted by atomic mass is 10.1. The van der Waals surface area contributed by atoms with E-state index in [1.807, 2.05) is 24.3 Å². The number of carbonyl (C=O) groups excluding carboxylic acids is 2. The molecule has 0 aliphatic heterocycles. The maximum Gasteiger partial charge on any atom is 0.337 e. The molecule has 25 heavy (non-hydrogen) atoms. The molecule has 6 nitrogen and oxygen atoms in total. The maximum absolute atomic E-state index is 11.8. The number of rotatable bonds is 7. The van der Waals surface area contributed by atoms with Gasteiger partial charge in [0.15, 0.2) is 6.61 Å². The van der Waals surface area contributed by atoms with Crippen molar-refractivity contribution < 1.29 is 19.2 Å². The fourth-order valence-electron chi connectivity index (χ4n) is 2.08. The Balaban J connectivity index is 1.80. The number of hydrogen-bond donors (Lipinski definition) is 1. The summed E-state index contributed by atoms with van der Waals surface area (Å²) in [5, 5.41) is 6.50. The first-order chi connectivity index (χ1) is 12.1. The van der Waals surface area contributed by atoms with Crippen LogP contribution in [0.15, 0.2) is 53.7 Å². The Kier molecular flexibility index (Phi) is 6.71. The fourth-order valence-corrected chi connectivity index (χ4v) is 2.08. The number of benzene rings is 2. The van der Waals surface area contributed by atoms with Crippen LogP contribution < -0.4 is 5.32 Å². The van der Waals surface area contributed by atoms with Gasteiger partial charge in [0, 0.05) is 5.69 Å². The van der Waals surface area contributed by atoms with Crippen molar-refractivity contribution in [2.45, 2.75) is 13.3 Å². The molecule has 0 bridgehead atoms. The number of nitrogens with one attached hydrogen (secondary N) is 1.